The van der Waals surface area contributed by atoms with Crippen LogP contribution in [0.5, 0.6) is 0 Å². The third kappa shape index (κ3) is 5.00. The van der Waals surface area contributed by atoms with E-state index in [4.69, 9.17) is 16.3 Å². The normalized spacial score (nSPS) is 11.7. The number of amides is 1. The van der Waals surface area contributed by atoms with Crippen molar-refractivity contribution < 1.29 is 23.1 Å². The molecule has 4 nitrogen and oxygen atoms in total. The first kappa shape index (κ1) is 18.9. The summed E-state index contributed by atoms with van der Waals surface area (Å²) in [5.41, 5.74) is 0.542. The van der Waals surface area contributed by atoms with Gasteiger partial charge in [-0.25, -0.2) is 13.6 Å². The first-order valence-electron chi connectivity index (χ1n) is 7.58. The molecule has 1 unspecified atom stereocenters. The lowest BCUT2D eigenvalue weighted by molar-refractivity contribution is -0.145. The van der Waals surface area contributed by atoms with E-state index in [2.05, 4.69) is 5.32 Å². The topological polar surface area (TPSA) is 55.4 Å². The molecule has 132 valence electrons. The zero-order valence-electron chi connectivity index (χ0n) is 13.4. The van der Waals surface area contributed by atoms with Gasteiger partial charge in [0.05, 0.1) is 17.2 Å². The first-order valence-corrected chi connectivity index (χ1v) is 7.96. The van der Waals surface area contributed by atoms with E-state index in [1.165, 1.54) is 0 Å². The largest absolute Gasteiger partial charge is 0.464 e. The summed E-state index contributed by atoms with van der Waals surface area (Å²) in [5, 5.41) is 2.22. The van der Waals surface area contributed by atoms with Crippen molar-refractivity contribution in [3.8, 4) is 0 Å². The molecule has 0 saturated carbocycles. The van der Waals surface area contributed by atoms with E-state index in [-0.39, 0.29) is 23.6 Å². The number of rotatable bonds is 6. The molecule has 0 heterocycles. The van der Waals surface area contributed by atoms with Crippen LogP contribution < -0.4 is 5.32 Å². The van der Waals surface area contributed by atoms with Crippen LogP contribution >= 0.6 is 11.6 Å². The van der Waals surface area contributed by atoms with Gasteiger partial charge >= 0.3 is 5.97 Å². The Balaban J connectivity index is 2.22. The van der Waals surface area contributed by atoms with Gasteiger partial charge in [0, 0.05) is 6.42 Å². The minimum absolute atomic E-state index is 0.145. The Morgan fingerprint density at radius 2 is 1.80 bits per heavy atom. The smallest absolute Gasteiger partial charge is 0.328 e. The van der Waals surface area contributed by atoms with Crippen molar-refractivity contribution in [2.75, 3.05) is 6.61 Å². The quantitative estimate of drug-likeness (QED) is 0.627. The molecule has 0 bridgehead atoms. The zero-order chi connectivity index (χ0) is 18.4. The molecule has 2 rings (SSSR count). The Labute approximate surface area is 148 Å². The van der Waals surface area contributed by atoms with Gasteiger partial charge in [0.25, 0.3) is 5.91 Å². The molecule has 0 fully saturated rings. The summed E-state index contributed by atoms with van der Waals surface area (Å²) in [5.74, 6) is -3.78. The lowest BCUT2D eigenvalue weighted by atomic mass is 10.1. The van der Waals surface area contributed by atoms with Crippen molar-refractivity contribution in [3.63, 3.8) is 0 Å². The Morgan fingerprint density at radius 1 is 1.16 bits per heavy atom. The van der Waals surface area contributed by atoms with Gasteiger partial charge in [0.1, 0.15) is 6.04 Å². The number of esters is 1. The molecule has 0 saturated heterocycles. The number of ether oxygens (including phenoxy) is 1. The van der Waals surface area contributed by atoms with Crippen LogP contribution in [0.2, 0.25) is 5.02 Å². The molecular weight excluding hydrogens is 352 g/mol. The van der Waals surface area contributed by atoms with Gasteiger partial charge < -0.3 is 10.1 Å². The van der Waals surface area contributed by atoms with Crippen LogP contribution in [0.15, 0.2) is 42.5 Å². The van der Waals surface area contributed by atoms with E-state index < -0.39 is 29.6 Å². The van der Waals surface area contributed by atoms with Crippen LogP contribution in [0, 0.1) is 11.6 Å². The standard InChI is InChI=1S/C18H16ClF2NO3/c1-2-25-18(24)16(8-11-6-4-3-5-7-11)22-17(23)12-9-14(20)15(21)10-13(12)19/h3-7,9-10,16H,2,8H2,1H3,(H,22,23). The van der Waals surface area contributed by atoms with Crippen LogP contribution in [0.25, 0.3) is 0 Å². The molecule has 0 radical (unpaired) electrons. The highest BCUT2D eigenvalue weighted by Crippen LogP contribution is 2.20. The fourth-order valence-electron chi connectivity index (χ4n) is 2.22. The predicted octanol–water partition coefficient (Wildman–Crippen LogP) is 3.52. The number of benzene rings is 2. The van der Waals surface area contributed by atoms with E-state index in [1.54, 1.807) is 31.2 Å². The van der Waals surface area contributed by atoms with E-state index in [0.29, 0.717) is 12.1 Å². The monoisotopic (exact) mass is 367 g/mol. The molecule has 7 heteroatoms. The highest BCUT2D eigenvalue weighted by atomic mass is 35.5. The van der Waals surface area contributed by atoms with Gasteiger partial charge in [0.15, 0.2) is 11.6 Å². The Kier molecular flexibility index (Phi) is 6.47. The number of hydrogen-bond acceptors (Lipinski definition) is 3. The SMILES string of the molecule is CCOC(=O)C(Cc1ccccc1)NC(=O)c1cc(F)c(F)cc1Cl. The van der Waals surface area contributed by atoms with Crippen molar-refractivity contribution in [3.05, 3.63) is 70.2 Å². The fraction of sp³-hybridized carbons (Fsp3) is 0.222. The number of halogens is 3. The maximum Gasteiger partial charge on any atom is 0.328 e. The first-order chi connectivity index (χ1) is 11.9. The van der Waals surface area contributed by atoms with Gasteiger partial charge in [-0.2, -0.15) is 0 Å². The van der Waals surface area contributed by atoms with Crippen molar-refractivity contribution in [1.82, 2.24) is 5.32 Å². The minimum atomic E-state index is -1.20. The van der Waals surface area contributed by atoms with E-state index in [1.807, 2.05) is 6.07 Å². The molecule has 1 N–H and O–H groups in total. The maximum absolute atomic E-state index is 13.4. The predicted molar refractivity (Wildman–Crippen MR) is 89.4 cm³/mol. The summed E-state index contributed by atoms with van der Waals surface area (Å²) in [4.78, 5) is 24.5. The Hall–Kier alpha value is -2.47. The second-order valence-corrected chi connectivity index (χ2v) is 5.62. The average Bonchev–Trinajstić information content (AvgIpc) is 2.58. The van der Waals surface area contributed by atoms with Crippen LogP contribution in [0.1, 0.15) is 22.8 Å². The van der Waals surface area contributed by atoms with Crippen molar-refractivity contribution >= 4 is 23.5 Å². The average molecular weight is 368 g/mol. The molecule has 0 aromatic heterocycles. The third-order valence-electron chi connectivity index (χ3n) is 3.41. The summed E-state index contributed by atoms with van der Waals surface area (Å²) in [6.45, 7) is 1.79. The highest BCUT2D eigenvalue weighted by Gasteiger charge is 2.25. The fourth-order valence-corrected chi connectivity index (χ4v) is 2.45. The summed E-state index contributed by atoms with van der Waals surface area (Å²) in [6.07, 6.45) is 0.187. The third-order valence-corrected chi connectivity index (χ3v) is 3.73. The molecule has 0 aliphatic carbocycles. The number of carbonyl (C=O) groups excluding carboxylic acids is 2. The minimum Gasteiger partial charge on any atom is -0.464 e. The molecule has 2 aromatic rings. The Bertz CT molecular complexity index is 768. The van der Waals surface area contributed by atoms with Gasteiger partial charge in [-0.1, -0.05) is 41.9 Å². The lowest BCUT2D eigenvalue weighted by Crippen LogP contribution is -2.43. The maximum atomic E-state index is 13.4. The van der Waals surface area contributed by atoms with E-state index in [9.17, 15) is 18.4 Å². The van der Waals surface area contributed by atoms with Crippen molar-refractivity contribution in [2.24, 2.45) is 0 Å². The molecule has 1 amide bonds. The van der Waals surface area contributed by atoms with Gasteiger partial charge in [0.2, 0.25) is 0 Å². The van der Waals surface area contributed by atoms with Crippen molar-refractivity contribution in [2.45, 2.75) is 19.4 Å². The highest BCUT2D eigenvalue weighted by molar-refractivity contribution is 6.33. The van der Waals surface area contributed by atoms with Crippen LogP contribution in [0.3, 0.4) is 0 Å². The zero-order valence-corrected chi connectivity index (χ0v) is 14.1. The summed E-state index contributed by atoms with van der Waals surface area (Å²) in [7, 11) is 0. The van der Waals surface area contributed by atoms with Gasteiger partial charge in [-0.3, -0.25) is 4.79 Å². The second-order valence-electron chi connectivity index (χ2n) is 5.21. The molecular formula is C18H16ClF2NO3. The molecule has 0 spiro atoms. The van der Waals surface area contributed by atoms with Crippen LogP contribution in [-0.2, 0) is 16.0 Å². The number of carbonyl (C=O) groups is 2. The van der Waals surface area contributed by atoms with E-state index in [0.717, 1.165) is 5.56 Å². The summed E-state index contributed by atoms with van der Waals surface area (Å²) in [6, 6.07) is 9.42. The molecule has 0 aliphatic heterocycles. The number of hydrogen-bond donors (Lipinski definition) is 1. The summed E-state index contributed by atoms with van der Waals surface area (Å²) < 4.78 is 31.5. The summed E-state index contributed by atoms with van der Waals surface area (Å²) >= 11 is 5.80. The molecule has 2 aromatic carbocycles. The van der Waals surface area contributed by atoms with Crippen LogP contribution in [0.4, 0.5) is 8.78 Å². The second kappa shape index (κ2) is 8.58. The van der Waals surface area contributed by atoms with Gasteiger partial charge in [-0.05, 0) is 24.6 Å². The molecule has 0 aliphatic rings. The van der Waals surface area contributed by atoms with Crippen LogP contribution in [-0.4, -0.2) is 24.5 Å². The van der Waals surface area contributed by atoms with Crippen molar-refractivity contribution in [1.29, 1.82) is 0 Å². The Morgan fingerprint density at radius 3 is 2.44 bits per heavy atom. The number of nitrogens with one attached hydrogen (secondary N) is 1. The lowest BCUT2D eigenvalue weighted by Gasteiger charge is -2.18. The molecule has 25 heavy (non-hydrogen) atoms. The molecule has 1 atom stereocenters. The van der Waals surface area contributed by atoms with Gasteiger partial charge in [-0.15, -0.1) is 0 Å². The van der Waals surface area contributed by atoms with E-state index >= 15 is 0 Å².